The van der Waals surface area contributed by atoms with Crippen molar-refractivity contribution < 1.29 is 14.5 Å². The van der Waals surface area contributed by atoms with Crippen molar-refractivity contribution >= 4 is 29.3 Å². The van der Waals surface area contributed by atoms with Crippen molar-refractivity contribution in [3.8, 4) is 0 Å². The summed E-state index contributed by atoms with van der Waals surface area (Å²) in [6.45, 7) is -0.429. The number of nitrogens with two attached hydrogens (primary N) is 1. The fourth-order valence-corrected chi connectivity index (χ4v) is 1.58. The first kappa shape index (κ1) is 12.6. The van der Waals surface area contributed by atoms with Crippen molar-refractivity contribution in [2.75, 3.05) is 23.4 Å². The number of nitrogen functional groups attached to an aromatic ring is 1. The standard InChI is InChI=1S/C8H9N7O4/c9-13-8-10-1-4(15(18)19)7(12-8)14-2-5(16)11-6(17)3-14/h1H,2-3,9H2,(H,10,12,13)(H,11,16,17). The van der Waals surface area contributed by atoms with E-state index >= 15 is 0 Å². The Morgan fingerprint density at radius 2 is 2.05 bits per heavy atom. The van der Waals surface area contributed by atoms with Gasteiger partial charge >= 0.3 is 5.69 Å². The Morgan fingerprint density at radius 3 is 2.58 bits per heavy atom. The second-order valence-electron chi connectivity index (χ2n) is 3.63. The van der Waals surface area contributed by atoms with Crippen LogP contribution in [0, 0.1) is 10.1 Å². The van der Waals surface area contributed by atoms with Crippen LogP contribution in [0.3, 0.4) is 0 Å². The molecule has 0 atom stereocenters. The third-order valence-corrected chi connectivity index (χ3v) is 2.32. The number of hydrazine groups is 1. The number of hydrogen-bond donors (Lipinski definition) is 3. The van der Waals surface area contributed by atoms with Crippen LogP contribution in [0.25, 0.3) is 0 Å². The lowest BCUT2D eigenvalue weighted by Gasteiger charge is -2.25. The van der Waals surface area contributed by atoms with Crippen LogP contribution >= 0.6 is 0 Å². The van der Waals surface area contributed by atoms with Crippen LogP contribution in [0.5, 0.6) is 0 Å². The lowest BCUT2D eigenvalue weighted by Crippen LogP contribution is -2.52. The zero-order valence-electron chi connectivity index (χ0n) is 9.49. The molecule has 100 valence electrons. The molecular weight excluding hydrogens is 258 g/mol. The molecule has 0 aliphatic carbocycles. The van der Waals surface area contributed by atoms with Crippen LogP contribution in [0.1, 0.15) is 0 Å². The fraction of sp³-hybridized carbons (Fsp3) is 0.250. The molecule has 1 saturated heterocycles. The van der Waals surface area contributed by atoms with Gasteiger partial charge < -0.3 is 4.90 Å². The van der Waals surface area contributed by atoms with Crippen LogP contribution in [-0.4, -0.2) is 39.8 Å². The monoisotopic (exact) mass is 267 g/mol. The minimum absolute atomic E-state index is 0.0565. The van der Waals surface area contributed by atoms with E-state index in [2.05, 4.69) is 20.7 Å². The summed E-state index contributed by atoms with van der Waals surface area (Å²) in [6, 6.07) is 0. The van der Waals surface area contributed by atoms with E-state index in [1.54, 1.807) is 0 Å². The highest BCUT2D eigenvalue weighted by atomic mass is 16.6. The van der Waals surface area contributed by atoms with E-state index in [1.165, 1.54) is 4.90 Å². The Hall–Kier alpha value is -2.82. The van der Waals surface area contributed by atoms with Crippen molar-refractivity contribution in [3.63, 3.8) is 0 Å². The van der Waals surface area contributed by atoms with Gasteiger partial charge in [-0.2, -0.15) is 4.98 Å². The fourth-order valence-electron chi connectivity index (χ4n) is 1.58. The van der Waals surface area contributed by atoms with Gasteiger partial charge in [-0.25, -0.2) is 10.8 Å². The quantitative estimate of drug-likeness (QED) is 0.247. The van der Waals surface area contributed by atoms with Crippen LogP contribution in [-0.2, 0) is 9.59 Å². The topological polar surface area (TPSA) is 156 Å². The molecule has 1 aromatic rings. The zero-order chi connectivity index (χ0) is 14.0. The van der Waals surface area contributed by atoms with E-state index in [4.69, 9.17) is 5.84 Å². The summed E-state index contributed by atoms with van der Waals surface area (Å²) in [6.07, 6.45) is 0.953. The summed E-state index contributed by atoms with van der Waals surface area (Å²) in [5.41, 5.74) is 1.72. The SMILES string of the molecule is NNc1ncc([N+](=O)[O-])c(N2CC(=O)NC(=O)C2)n1. The minimum Gasteiger partial charge on any atom is -0.332 e. The average Bonchev–Trinajstić information content (AvgIpc) is 2.36. The van der Waals surface area contributed by atoms with E-state index in [0.29, 0.717) is 0 Å². The first-order valence-corrected chi connectivity index (χ1v) is 5.07. The Bertz CT molecular complexity index is 544. The van der Waals surface area contributed by atoms with Gasteiger partial charge in [0, 0.05) is 0 Å². The highest BCUT2D eigenvalue weighted by molar-refractivity contribution is 6.02. The lowest BCUT2D eigenvalue weighted by molar-refractivity contribution is -0.384. The van der Waals surface area contributed by atoms with Gasteiger partial charge in [0.2, 0.25) is 23.6 Å². The molecule has 1 fully saturated rings. The van der Waals surface area contributed by atoms with E-state index in [1.807, 2.05) is 0 Å². The highest BCUT2D eigenvalue weighted by Gasteiger charge is 2.29. The second kappa shape index (κ2) is 4.81. The van der Waals surface area contributed by atoms with Gasteiger partial charge in [-0.15, -0.1) is 0 Å². The Morgan fingerprint density at radius 1 is 1.42 bits per heavy atom. The molecule has 0 aromatic carbocycles. The van der Waals surface area contributed by atoms with Gasteiger partial charge in [-0.3, -0.25) is 30.4 Å². The predicted octanol–water partition coefficient (Wildman–Crippen LogP) is -1.87. The number of aromatic nitrogens is 2. The first-order chi connectivity index (χ1) is 9.01. The number of piperazine rings is 1. The number of rotatable bonds is 3. The molecule has 4 N–H and O–H groups in total. The number of hydrogen-bond acceptors (Lipinski definition) is 9. The first-order valence-electron chi connectivity index (χ1n) is 5.07. The third kappa shape index (κ3) is 2.55. The summed E-state index contributed by atoms with van der Waals surface area (Å²) < 4.78 is 0. The smallest absolute Gasteiger partial charge is 0.329 e. The molecule has 0 bridgehead atoms. The van der Waals surface area contributed by atoms with Gasteiger partial charge in [0.25, 0.3) is 0 Å². The Labute approximate surface area is 105 Å². The van der Waals surface area contributed by atoms with Crippen molar-refractivity contribution in [1.29, 1.82) is 0 Å². The van der Waals surface area contributed by atoms with Crippen molar-refractivity contribution in [3.05, 3.63) is 16.3 Å². The molecule has 0 spiro atoms. The van der Waals surface area contributed by atoms with Crippen LogP contribution in [0.15, 0.2) is 6.20 Å². The van der Waals surface area contributed by atoms with Crippen LogP contribution in [0.2, 0.25) is 0 Å². The van der Waals surface area contributed by atoms with E-state index < -0.39 is 22.4 Å². The molecule has 2 rings (SSSR count). The number of anilines is 2. The van der Waals surface area contributed by atoms with Gasteiger partial charge in [0.1, 0.15) is 6.20 Å². The second-order valence-corrected chi connectivity index (χ2v) is 3.63. The van der Waals surface area contributed by atoms with Crippen LogP contribution in [0.4, 0.5) is 17.5 Å². The van der Waals surface area contributed by atoms with Crippen molar-refractivity contribution in [2.24, 2.45) is 5.84 Å². The number of nitrogens with zero attached hydrogens (tertiary/aromatic N) is 4. The largest absolute Gasteiger partial charge is 0.332 e. The zero-order valence-corrected chi connectivity index (χ0v) is 9.49. The van der Waals surface area contributed by atoms with Crippen molar-refractivity contribution in [2.45, 2.75) is 0 Å². The van der Waals surface area contributed by atoms with Crippen molar-refractivity contribution in [1.82, 2.24) is 15.3 Å². The summed E-state index contributed by atoms with van der Waals surface area (Å²) in [7, 11) is 0. The van der Waals surface area contributed by atoms with E-state index in [0.717, 1.165) is 6.20 Å². The molecule has 11 nitrogen and oxygen atoms in total. The molecular formula is C8H9N7O4. The molecule has 2 amide bonds. The summed E-state index contributed by atoms with van der Waals surface area (Å²) in [5.74, 6) is 3.79. The third-order valence-electron chi connectivity index (χ3n) is 2.32. The molecule has 0 radical (unpaired) electrons. The van der Waals surface area contributed by atoms with Gasteiger partial charge in [-0.1, -0.05) is 0 Å². The normalized spacial score (nSPS) is 15.1. The summed E-state index contributed by atoms with van der Waals surface area (Å²) >= 11 is 0. The van der Waals surface area contributed by atoms with E-state index in [-0.39, 0.29) is 24.9 Å². The summed E-state index contributed by atoms with van der Waals surface area (Å²) in [5, 5.41) is 13.0. The molecule has 19 heavy (non-hydrogen) atoms. The number of amides is 2. The molecule has 2 heterocycles. The number of imide groups is 1. The Kier molecular flexibility index (Phi) is 3.20. The maximum atomic E-state index is 11.3. The highest BCUT2D eigenvalue weighted by Crippen LogP contribution is 2.26. The molecule has 1 aliphatic heterocycles. The van der Waals surface area contributed by atoms with Gasteiger partial charge in [0.05, 0.1) is 18.0 Å². The average molecular weight is 267 g/mol. The molecule has 11 heteroatoms. The number of carbonyl (C=O) groups excluding carboxylic acids is 2. The molecule has 1 aromatic heterocycles. The number of nitrogens with one attached hydrogen (secondary N) is 2. The summed E-state index contributed by atoms with van der Waals surface area (Å²) in [4.78, 5) is 41.3. The maximum Gasteiger partial charge on any atom is 0.329 e. The lowest BCUT2D eigenvalue weighted by atomic mass is 10.3. The Balaban J connectivity index is 2.43. The van der Waals surface area contributed by atoms with Gasteiger partial charge in [-0.05, 0) is 0 Å². The number of nitro groups is 1. The number of carbonyl (C=O) groups is 2. The predicted molar refractivity (Wildman–Crippen MR) is 61.9 cm³/mol. The van der Waals surface area contributed by atoms with E-state index in [9.17, 15) is 19.7 Å². The minimum atomic E-state index is -0.702. The van der Waals surface area contributed by atoms with Gasteiger partial charge in [0.15, 0.2) is 0 Å². The molecule has 0 saturated carbocycles. The maximum absolute atomic E-state index is 11.3. The van der Waals surface area contributed by atoms with Crippen LogP contribution < -0.4 is 21.5 Å². The molecule has 0 unspecified atom stereocenters. The molecule has 1 aliphatic rings.